The van der Waals surface area contributed by atoms with Gasteiger partial charge >= 0.3 is 0 Å². The number of benzene rings is 1. The van der Waals surface area contributed by atoms with Gasteiger partial charge in [0.2, 0.25) is 0 Å². The number of nitrogens with two attached hydrogens (primary N) is 1. The molecule has 4 nitrogen and oxygen atoms in total. The maximum atomic E-state index is 12.1. The molecule has 0 saturated heterocycles. The van der Waals surface area contributed by atoms with Gasteiger partial charge in [-0.1, -0.05) is 31.2 Å². The largest absolute Gasteiger partial charge is 0.497 e. The smallest absolute Gasteiger partial charge is 0.251 e. The van der Waals surface area contributed by atoms with Crippen LogP contribution in [0.25, 0.3) is 12.2 Å². The van der Waals surface area contributed by atoms with Gasteiger partial charge in [0.15, 0.2) is 0 Å². The Morgan fingerprint density at radius 3 is 2.59 bits per heavy atom. The average molecular weight is 298 g/mol. The molecule has 0 aliphatic rings. The summed E-state index contributed by atoms with van der Waals surface area (Å²) in [7, 11) is 1.64. The molecule has 1 heterocycles. The molecule has 2 aromatic rings. The van der Waals surface area contributed by atoms with Gasteiger partial charge < -0.3 is 15.0 Å². The monoisotopic (exact) mass is 298 g/mol. The van der Waals surface area contributed by atoms with Crippen LogP contribution in [0, 0.1) is 0 Å². The van der Waals surface area contributed by atoms with E-state index in [0.717, 1.165) is 23.3 Å². The summed E-state index contributed by atoms with van der Waals surface area (Å²) in [4.78, 5) is 12.1. The Balaban J connectivity index is 2.14. The first kappa shape index (κ1) is 16.0. The van der Waals surface area contributed by atoms with Crippen molar-refractivity contribution in [2.75, 3.05) is 7.11 Å². The standard InChI is InChI=1S/C18H22N2O2/c1-3-16(19)13-20-10-9-15(12-18(20)21)8-7-14-5-4-6-17(11-14)22-2/h4-12,16H,3,13,19H2,1-2H3/b8-7+. The molecule has 4 heteroatoms. The van der Waals surface area contributed by atoms with E-state index in [0.29, 0.717) is 6.54 Å². The zero-order valence-corrected chi connectivity index (χ0v) is 13.0. The Kier molecular flexibility index (Phi) is 5.55. The van der Waals surface area contributed by atoms with E-state index in [1.807, 2.05) is 49.4 Å². The van der Waals surface area contributed by atoms with Crippen LogP contribution in [-0.4, -0.2) is 17.7 Å². The van der Waals surface area contributed by atoms with Crippen molar-refractivity contribution in [2.45, 2.75) is 25.9 Å². The molecule has 2 N–H and O–H groups in total. The number of aromatic nitrogens is 1. The molecule has 0 spiro atoms. The molecule has 0 amide bonds. The van der Waals surface area contributed by atoms with Crippen LogP contribution in [0.15, 0.2) is 47.4 Å². The minimum atomic E-state index is -0.0308. The van der Waals surface area contributed by atoms with Crippen molar-refractivity contribution < 1.29 is 4.74 Å². The molecule has 0 bridgehead atoms. The molecular formula is C18H22N2O2. The third-order valence-corrected chi connectivity index (χ3v) is 3.54. The highest BCUT2D eigenvalue weighted by molar-refractivity contribution is 5.69. The third kappa shape index (κ3) is 4.33. The highest BCUT2D eigenvalue weighted by Gasteiger charge is 2.02. The average Bonchev–Trinajstić information content (AvgIpc) is 2.55. The molecule has 1 atom stereocenters. The van der Waals surface area contributed by atoms with Gasteiger partial charge in [0, 0.05) is 24.8 Å². The fraction of sp³-hybridized carbons (Fsp3) is 0.278. The van der Waals surface area contributed by atoms with Crippen LogP contribution in [0.5, 0.6) is 5.75 Å². The molecule has 116 valence electrons. The van der Waals surface area contributed by atoms with Crippen molar-refractivity contribution in [2.24, 2.45) is 5.73 Å². The first-order valence-corrected chi connectivity index (χ1v) is 7.40. The summed E-state index contributed by atoms with van der Waals surface area (Å²) >= 11 is 0. The SMILES string of the molecule is CCC(N)Cn1ccc(/C=C/c2cccc(OC)c2)cc1=O. The van der Waals surface area contributed by atoms with Crippen molar-refractivity contribution in [3.63, 3.8) is 0 Å². The van der Waals surface area contributed by atoms with E-state index >= 15 is 0 Å². The van der Waals surface area contributed by atoms with Crippen LogP contribution in [0.2, 0.25) is 0 Å². The summed E-state index contributed by atoms with van der Waals surface area (Å²) in [5, 5.41) is 0. The van der Waals surface area contributed by atoms with E-state index < -0.39 is 0 Å². The molecule has 0 saturated carbocycles. The fourth-order valence-electron chi connectivity index (χ4n) is 2.10. The van der Waals surface area contributed by atoms with E-state index in [1.54, 1.807) is 23.9 Å². The van der Waals surface area contributed by atoms with Crippen LogP contribution >= 0.6 is 0 Å². The minimum absolute atomic E-state index is 0.0101. The Labute approximate surface area is 130 Å². The molecule has 1 aromatic heterocycles. The molecule has 1 unspecified atom stereocenters. The quantitative estimate of drug-likeness (QED) is 0.892. The lowest BCUT2D eigenvalue weighted by Crippen LogP contribution is -2.30. The molecule has 0 fully saturated rings. The summed E-state index contributed by atoms with van der Waals surface area (Å²) in [5.41, 5.74) is 7.75. The van der Waals surface area contributed by atoms with Gasteiger partial charge in [0.05, 0.1) is 7.11 Å². The van der Waals surface area contributed by atoms with Crippen molar-refractivity contribution >= 4 is 12.2 Å². The molecule has 0 aliphatic carbocycles. The zero-order valence-electron chi connectivity index (χ0n) is 13.0. The van der Waals surface area contributed by atoms with Crippen LogP contribution in [0.3, 0.4) is 0 Å². The predicted octanol–water partition coefficient (Wildman–Crippen LogP) is 2.76. The Hall–Kier alpha value is -2.33. The van der Waals surface area contributed by atoms with E-state index in [2.05, 4.69) is 0 Å². The minimum Gasteiger partial charge on any atom is -0.497 e. The van der Waals surface area contributed by atoms with Gasteiger partial charge in [0.25, 0.3) is 5.56 Å². The normalized spacial score (nSPS) is 12.5. The molecular weight excluding hydrogens is 276 g/mol. The second kappa shape index (κ2) is 7.61. The summed E-state index contributed by atoms with van der Waals surface area (Å²) in [6.45, 7) is 2.57. The number of rotatable bonds is 6. The molecule has 2 rings (SSSR count). The maximum Gasteiger partial charge on any atom is 0.251 e. The topological polar surface area (TPSA) is 57.2 Å². The van der Waals surface area contributed by atoms with Gasteiger partial charge in [-0.2, -0.15) is 0 Å². The van der Waals surface area contributed by atoms with Crippen LogP contribution < -0.4 is 16.0 Å². The summed E-state index contributed by atoms with van der Waals surface area (Å²) in [6, 6.07) is 11.3. The van der Waals surface area contributed by atoms with Crippen molar-refractivity contribution in [1.29, 1.82) is 0 Å². The number of ether oxygens (including phenoxy) is 1. The van der Waals surface area contributed by atoms with Gasteiger partial charge in [-0.25, -0.2) is 0 Å². The lowest BCUT2D eigenvalue weighted by molar-refractivity contribution is 0.414. The number of nitrogens with zero attached hydrogens (tertiary/aromatic N) is 1. The number of pyridine rings is 1. The highest BCUT2D eigenvalue weighted by Crippen LogP contribution is 2.14. The van der Waals surface area contributed by atoms with Crippen LogP contribution in [0.1, 0.15) is 24.5 Å². The van der Waals surface area contributed by atoms with E-state index in [-0.39, 0.29) is 11.6 Å². The van der Waals surface area contributed by atoms with E-state index in [9.17, 15) is 4.79 Å². The van der Waals surface area contributed by atoms with Gasteiger partial charge in [-0.3, -0.25) is 4.79 Å². The molecule has 22 heavy (non-hydrogen) atoms. The fourth-order valence-corrected chi connectivity index (χ4v) is 2.10. The maximum absolute atomic E-state index is 12.1. The summed E-state index contributed by atoms with van der Waals surface area (Å²) in [6.07, 6.45) is 6.52. The summed E-state index contributed by atoms with van der Waals surface area (Å²) in [5.74, 6) is 0.811. The number of hydrogen-bond acceptors (Lipinski definition) is 3. The van der Waals surface area contributed by atoms with E-state index in [4.69, 9.17) is 10.5 Å². The Morgan fingerprint density at radius 2 is 1.95 bits per heavy atom. The highest BCUT2D eigenvalue weighted by atomic mass is 16.5. The lowest BCUT2D eigenvalue weighted by Gasteiger charge is -2.11. The first-order chi connectivity index (χ1) is 10.6. The second-order valence-corrected chi connectivity index (χ2v) is 5.23. The lowest BCUT2D eigenvalue weighted by atomic mass is 10.1. The van der Waals surface area contributed by atoms with Crippen LogP contribution in [-0.2, 0) is 6.54 Å². The first-order valence-electron chi connectivity index (χ1n) is 7.40. The van der Waals surface area contributed by atoms with Crippen LogP contribution in [0.4, 0.5) is 0 Å². The third-order valence-electron chi connectivity index (χ3n) is 3.54. The van der Waals surface area contributed by atoms with E-state index in [1.165, 1.54) is 0 Å². The molecule has 0 radical (unpaired) electrons. The van der Waals surface area contributed by atoms with Gasteiger partial charge in [-0.15, -0.1) is 0 Å². The van der Waals surface area contributed by atoms with Gasteiger partial charge in [0.1, 0.15) is 5.75 Å². The Bertz CT molecular complexity index is 704. The summed E-state index contributed by atoms with van der Waals surface area (Å²) < 4.78 is 6.84. The van der Waals surface area contributed by atoms with Crippen molar-refractivity contribution in [3.05, 3.63) is 64.1 Å². The Morgan fingerprint density at radius 1 is 1.23 bits per heavy atom. The van der Waals surface area contributed by atoms with Crippen molar-refractivity contribution in [3.8, 4) is 5.75 Å². The number of methoxy groups -OCH3 is 1. The van der Waals surface area contributed by atoms with Gasteiger partial charge in [-0.05, 0) is 35.7 Å². The second-order valence-electron chi connectivity index (χ2n) is 5.23. The number of hydrogen-bond donors (Lipinski definition) is 1. The van der Waals surface area contributed by atoms with Crippen molar-refractivity contribution in [1.82, 2.24) is 4.57 Å². The molecule has 0 aliphatic heterocycles. The zero-order chi connectivity index (χ0) is 15.9. The molecule has 1 aromatic carbocycles. The predicted molar refractivity (Wildman–Crippen MR) is 90.9 cm³/mol.